The van der Waals surface area contributed by atoms with Crippen LogP contribution in [0.3, 0.4) is 0 Å². The molecule has 2 aliphatic carbocycles. The molecule has 16 rings (SSSR count). The van der Waals surface area contributed by atoms with Crippen molar-refractivity contribution >= 4 is 126 Å². The molecular weight excluding hydrogens is 968 g/mol. The lowest BCUT2D eigenvalue weighted by molar-refractivity contribution is 0.332. The summed E-state index contributed by atoms with van der Waals surface area (Å²) in [7, 11) is 0. The minimum atomic E-state index is -0.221. The molecule has 0 radical (unpaired) electrons. The van der Waals surface area contributed by atoms with E-state index in [4.69, 9.17) is 8.83 Å². The van der Waals surface area contributed by atoms with E-state index in [2.05, 4.69) is 222 Å². The van der Waals surface area contributed by atoms with Crippen LogP contribution in [0.15, 0.2) is 124 Å². The maximum atomic E-state index is 7.60. The summed E-state index contributed by atoms with van der Waals surface area (Å²) in [4.78, 5) is 2.70. The van der Waals surface area contributed by atoms with Crippen molar-refractivity contribution in [3.63, 3.8) is 0 Å². The number of hydrogen-bond acceptors (Lipinski definition) is 4. The van der Waals surface area contributed by atoms with E-state index < -0.39 is 0 Å². The Morgan fingerprint density at radius 3 is 1.71 bits per heavy atom. The zero-order valence-corrected chi connectivity index (χ0v) is 48.8. The maximum absolute atomic E-state index is 7.60. The van der Waals surface area contributed by atoms with Crippen molar-refractivity contribution in [3.05, 3.63) is 149 Å². The molecule has 388 valence electrons. The number of benzene rings is 8. The number of nitrogens with zero attached hydrogens (tertiary/aromatic N) is 2. The summed E-state index contributed by atoms with van der Waals surface area (Å²) in [6.07, 6.45) is 4.61. The third-order valence-electron chi connectivity index (χ3n) is 20.2. The molecule has 0 atom stereocenters. The Kier molecular flexibility index (Phi) is 8.92. The number of furan rings is 2. The van der Waals surface area contributed by atoms with Crippen LogP contribution in [0.5, 0.6) is 0 Å². The second kappa shape index (κ2) is 14.7. The molecule has 0 saturated heterocycles. The summed E-state index contributed by atoms with van der Waals surface area (Å²) in [5.74, 6) is 0. The highest BCUT2D eigenvalue weighted by molar-refractivity contribution is 7.26. The normalized spacial score (nSPS) is 18.0. The fourth-order valence-corrected chi connectivity index (χ4v) is 16.5. The zero-order valence-electron chi connectivity index (χ0n) is 48.0. The van der Waals surface area contributed by atoms with Crippen molar-refractivity contribution in [1.82, 2.24) is 4.57 Å². The van der Waals surface area contributed by atoms with Gasteiger partial charge in [0.15, 0.2) is 5.58 Å². The van der Waals surface area contributed by atoms with E-state index >= 15 is 0 Å². The predicted octanol–water partition coefficient (Wildman–Crippen LogP) is 19.5. The van der Waals surface area contributed by atoms with Crippen LogP contribution in [0.2, 0.25) is 0 Å². The number of aromatic nitrogens is 1. The minimum absolute atomic E-state index is 0.0280. The lowest BCUT2D eigenvalue weighted by Gasteiger charge is -2.42. The van der Waals surface area contributed by atoms with Gasteiger partial charge in [0.05, 0.1) is 27.1 Å². The lowest BCUT2D eigenvalue weighted by atomic mass is 9.43. The van der Waals surface area contributed by atoms with Crippen molar-refractivity contribution in [1.29, 1.82) is 0 Å². The molecule has 0 N–H and O–H groups in total. The average Bonchev–Trinajstić information content (AvgIpc) is 4.34. The molecule has 12 aromatic rings. The molecule has 6 heterocycles. The van der Waals surface area contributed by atoms with Crippen LogP contribution >= 0.6 is 11.3 Å². The number of rotatable bonds is 1. The van der Waals surface area contributed by atoms with Crippen LogP contribution < -0.4 is 15.7 Å². The van der Waals surface area contributed by atoms with Gasteiger partial charge in [0.25, 0.3) is 0 Å². The predicted molar refractivity (Wildman–Crippen MR) is 335 cm³/mol. The first-order chi connectivity index (χ1) is 36.9. The number of para-hydroxylation sites is 1. The monoisotopic (exact) mass is 1040 g/mol. The molecule has 4 aromatic heterocycles. The van der Waals surface area contributed by atoms with Gasteiger partial charge in [0.1, 0.15) is 16.7 Å². The van der Waals surface area contributed by atoms with Gasteiger partial charge in [-0.05, 0) is 181 Å². The Morgan fingerprint density at radius 2 is 1.06 bits per heavy atom. The Labute approximate surface area is 462 Å². The Balaban J connectivity index is 1.10. The first kappa shape index (κ1) is 47.3. The minimum Gasteiger partial charge on any atom is -0.455 e. The van der Waals surface area contributed by atoms with Crippen molar-refractivity contribution < 1.29 is 8.83 Å². The largest absolute Gasteiger partial charge is 0.455 e. The molecule has 78 heavy (non-hydrogen) atoms. The lowest BCUT2D eigenvalue weighted by Crippen LogP contribution is -2.60. The molecule has 0 spiro atoms. The van der Waals surface area contributed by atoms with Crippen molar-refractivity contribution in [3.8, 4) is 16.8 Å². The summed E-state index contributed by atoms with van der Waals surface area (Å²) < 4.78 is 20.4. The quantitative estimate of drug-likeness (QED) is 0.154. The number of anilines is 2. The highest BCUT2D eigenvalue weighted by Crippen LogP contribution is 2.56. The standard InChI is InChI=1S/C72H69BN2O2S/c1-67(2,3)38-22-24-54-43(30-38)46-31-39(68(4,5)6)32-53-62(46)74(54)63-61-48(33-47-40-18-15-16-21-59(40)78-66(47)63)60-55(25-23-42-45-35-50-52(37-58(45)77-65(42)60)72(13,14)29-27-70(50,9)10)75(73(53)61)56-20-17-19-41-44-34-49-51(36-57(44)76-64(41)56)71(11,12)28-26-69(49,7)8/h15-25,30-37H,26-29H2,1-14H3. The third-order valence-corrected chi connectivity index (χ3v) is 21.4. The van der Waals surface area contributed by atoms with Crippen LogP contribution in [-0.4, -0.2) is 11.4 Å². The Hall–Kier alpha value is -6.76. The molecule has 0 saturated carbocycles. The van der Waals surface area contributed by atoms with Gasteiger partial charge >= 0.3 is 6.85 Å². The van der Waals surface area contributed by atoms with E-state index in [9.17, 15) is 0 Å². The molecule has 0 amide bonds. The summed E-state index contributed by atoms with van der Waals surface area (Å²) in [6.45, 7) is 33.4. The molecular formula is C72H69BN2O2S. The van der Waals surface area contributed by atoms with Gasteiger partial charge in [0.2, 0.25) is 0 Å². The molecule has 2 aliphatic heterocycles. The van der Waals surface area contributed by atoms with Crippen LogP contribution in [-0.2, 0) is 32.5 Å². The number of fused-ring (bicyclic) bond motifs is 20. The van der Waals surface area contributed by atoms with E-state index in [0.717, 1.165) is 70.3 Å². The second-order valence-corrected chi connectivity index (χ2v) is 30.0. The second-order valence-electron chi connectivity index (χ2n) is 29.0. The van der Waals surface area contributed by atoms with E-state index in [-0.39, 0.29) is 39.3 Å². The average molecular weight is 1040 g/mol. The molecule has 6 heteroatoms. The molecule has 0 fully saturated rings. The Morgan fingerprint density at radius 1 is 0.487 bits per heavy atom. The highest BCUT2D eigenvalue weighted by atomic mass is 32.1. The van der Waals surface area contributed by atoms with E-state index in [0.29, 0.717) is 0 Å². The summed E-state index contributed by atoms with van der Waals surface area (Å²) in [5, 5.41) is 9.93. The highest BCUT2D eigenvalue weighted by Gasteiger charge is 2.48. The Bertz CT molecular complexity index is 4720. The summed E-state index contributed by atoms with van der Waals surface area (Å²) in [5.41, 5.74) is 23.3. The van der Waals surface area contributed by atoms with E-state index in [1.165, 1.54) is 114 Å². The van der Waals surface area contributed by atoms with Crippen LogP contribution in [0.4, 0.5) is 11.4 Å². The van der Waals surface area contributed by atoms with Gasteiger partial charge in [-0.25, -0.2) is 0 Å². The van der Waals surface area contributed by atoms with Gasteiger partial charge in [0, 0.05) is 59.0 Å². The van der Waals surface area contributed by atoms with Gasteiger partial charge in [-0.2, -0.15) is 0 Å². The van der Waals surface area contributed by atoms with Crippen LogP contribution in [0.1, 0.15) is 156 Å². The van der Waals surface area contributed by atoms with Crippen molar-refractivity contribution in [2.75, 3.05) is 4.81 Å². The van der Waals surface area contributed by atoms with Crippen LogP contribution in [0.25, 0.3) is 103 Å². The molecule has 4 nitrogen and oxygen atoms in total. The summed E-state index contributed by atoms with van der Waals surface area (Å²) in [6, 6.07) is 45.7. The van der Waals surface area contributed by atoms with Crippen molar-refractivity contribution in [2.45, 2.75) is 155 Å². The molecule has 0 bridgehead atoms. The smallest absolute Gasteiger partial charge is 0.333 e. The maximum Gasteiger partial charge on any atom is 0.333 e. The molecule has 8 aromatic carbocycles. The van der Waals surface area contributed by atoms with Gasteiger partial charge in [-0.15, -0.1) is 11.3 Å². The SMILES string of the molecule is CC(C)(C)c1ccc2c(c1)c1cc(C(C)(C)C)cc3c1n2-c1c2c(cc4c1sc1ccccc14)-c1c(ccc4c1oc1cc5c(cc14)C(C)(C)CCC5(C)C)N(c1cccc4c1oc1cc5c(cc14)C(C)(C)CCC5(C)C)B23. The van der Waals surface area contributed by atoms with E-state index in [1.807, 2.05) is 11.3 Å². The van der Waals surface area contributed by atoms with Gasteiger partial charge < -0.3 is 18.2 Å². The number of thiophene rings is 1. The zero-order chi connectivity index (χ0) is 53.9. The fraction of sp³-hybridized carbons (Fsp3) is 0.333. The first-order valence-electron chi connectivity index (χ1n) is 28.9. The van der Waals surface area contributed by atoms with Gasteiger partial charge in [-0.1, -0.05) is 139 Å². The third kappa shape index (κ3) is 6.08. The van der Waals surface area contributed by atoms with Crippen LogP contribution in [0, 0.1) is 0 Å². The fourth-order valence-electron chi connectivity index (χ4n) is 15.3. The number of hydrogen-bond donors (Lipinski definition) is 0. The van der Waals surface area contributed by atoms with E-state index in [1.54, 1.807) is 0 Å². The topological polar surface area (TPSA) is 34.5 Å². The summed E-state index contributed by atoms with van der Waals surface area (Å²) >= 11 is 1.94. The molecule has 0 unspecified atom stereocenters. The van der Waals surface area contributed by atoms with Crippen molar-refractivity contribution in [2.24, 2.45) is 0 Å². The molecule has 4 aliphatic rings. The van der Waals surface area contributed by atoms with Gasteiger partial charge in [-0.3, -0.25) is 0 Å². The first-order valence-corrected chi connectivity index (χ1v) is 29.7.